The molecule has 1 aromatic heterocycles. The third-order valence-electron chi connectivity index (χ3n) is 5.55. The van der Waals surface area contributed by atoms with Crippen LogP contribution in [0.2, 0.25) is 0 Å². The van der Waals surface area contributed by atoms with Crippen molar-refractivity contribution in [2.75, 3.05) is 19.2 Å². The Labute approximate surface area is 199 Å². The van der Waals surface area contributed by atoms with E-state index in [1.54, 1.807) is 6.07 Å². The van der Waals surface area contributed by atoms with Crippen LogP contribution in [-0.4, -0.2) is 36.4 Å². The molecule has 1 unspecified atom stereocenters. The highest BCUT2D eigenvalue weighted by molar-refractivity contribution is 6.02. The number of hydrogen-bond acceptors (Lipinski definition) is 7. The van der Waals surface area contributed by atoms with E-state index in [0.717, 1.165) is 28.4 Å². The topological polar surface area (TPSA) is 69.1 Å². The number of nitrogens with zero attached hydrogens (tertiary/aromatic N) is 4. The molecule has 7 nitrogen and oxygen atoms in total. The lowest BCUT2D eigenvalue weighted by Crippen LogP contribution is -2.27. The number of rotatable bonds is 9. The van der Waals surface area contributed by atoms with E-state index < -0.39 is 0 Å². The third kappa shape index (κ3) is 5.09. The molecule has 0 amide bonds. The van der Waals surface area contributed by atoms with Crippen LogP contribution in [0, 0.1) is 0 Å². The minimum Gasteiger partial charge on any atom is -0.481 e. The van der Waals surface area contributed by atoms with Crippen molar-refractivity contribution in [2.45, 2.75) is 26.3 Å². The Bertz CT molecular complexity index is 1260. The van der Waals surface area contributed by atoms with Crippen molar-refractivity contribution in [3.05, 3.63) is 78.4 Å². The number of hydrazone groups is 1. The Kier molecular flexibility index (Phi) is 7.22. The summed E-state index contributed by atoms with van der Waals surface area (Å²) in [5.41, 5.74) is 1.85. The van der Waals surface area contributed by atoms with Crippen LogP contribution in [0.5, 0.6) is 23.5 Å². The van der Waals surface area contributed by atoms with Gasteiger partial charge in [0.05, 0.1) is 32.2 Å². The second-order valence-corrected chi connectivity index (χ2v) is 7.72. The molecule has 0 aliphatic rings. The summed E-state index contributed by atoms with van der Waals surface area (Å²) in [5.74, 6) is 1.28. The predicted molar refractivity (Wildman–Crippen MR) is 135 cm³/mol. The minimum atomic E-state index is 0.128. The van der Waals surface area contributed by atoms with Crippen molar-refractivity contribution in [1.82, 2.24) is 9.97 Å². The minimum absolute atomic E-state index is 0.128. The van der Waals surface area contributed by atoms with Gasteiger partial charge in [-0.25, -0.2) is 0 Å². The molecule has 1 atom stereocenters. The maximum atomic E-state index is 6.14. The molecule has 0 aliphatic heterocycles. The number of fused-ring (bicyclic) bond motifs is 1. The fraction of sp³-hybridized carbons (Fsp3) is 0.222. The summed E-state index contributed by atoms with van der Waals surface area (Å²) in [5, 5.41) is 9.01. The first-order valence-corrected chi connectivity index (χ1v) is 11.2. The lowest BCUT2D eigenvalue weighted by Gasteiger charge is -2.25. The maximum Gasteiger partial charge on any atom is 0.328 e. The molecule has 7 heteroatoms. The monoisotopic (exact) mass is 456 g/mol. The van der Waals surface area contributed by atoms with E-state index in [2.05, 4.69) is 42.0 Å². The molecule has 0 saturated carbocycles. The summed E-state index contributed by atoms with van der Waals surface area (Å²) in [4.78, 5) is 8.62. The number of aromatic nitrogens is 2. The van der Waals surface area contributed by atoms with Gasteiger partial charge in [-0.15, -0.1) is 0 Å². The van der Waals surface area contributed by atoms with Crippen LogP contribution in [0.1, 0.15) is 25.8 Å². The summed E-state index contributed by atoms with van der Waals surface area (Å²) < 4.78 is 16.7. The van der Waals surface area contributed by atoms with Gasteiger partial charge in [0.2, 0.25) is 11.8 Å². The second kappa shape index (κ2) is 10.7. The average molecular weight is 457 g/mol. The smallest absolute Gasteiger partial charge is 0.328 e. The van der Waals surface area contributed by atoms with Gasteiger partial charge in [-0.2, -0.15) is 15.1 Å². The van der Waals surface area contributed by atoms with Gasteiger partial charge in [0, 0.05) is 11.6 Å². The summed E-state index contributed by atoms with van der Waals surface area (Å²) in [6.45, 7) is 4.30. The van der Waals surface area contributed by atoms with Crippen LogP contribution in [0.4, 0.5) is 5.69 Å². The van der Waals surface area contributed by atoms with Gasteiger partial charge in [0.15, 0.2) is 0 Å². The molecule has 0 aliphatic carbocycles. The first kappa shape index (κ1) is 23.0. The first-order valence-electron chi connectivity index (χ1n) is 11.2. The molecular weight excluding hydrogens is 428 g/mol. The SMILES string of the molecule is CCC(C)N(N=Cc1c(Oc2nc(OC)cc(OC)n2)ccc2ccccc12)c1ccccc1. The summed E-state index contributed by atoms with van der Waals surface area (Å²) in [7, 11) is 3.07. The molecule has 34 heavy (non-hydrogen) atoms. The quantitative estimate of drug-likeness (QED) is 0.225. The summed E-state index contributed by atoms with van der Waals surface area (Å²) >= 11 is 0. The van der Waals surface area contributed by atoms with Crippen LogP contribution in [0.25, 0.3) is 10.8 Å². The normalized spacial score (nSPS) is 12.0. The van der Waals surface area contributed by atoms with Crippen molar-refractivity contribution in [3.63, 3.8) is 0 Å². The van der Waals surface area contributed by atoms with Crippen molar-refractivity contribution < 1.29 is 14.2 Å². The van der Waals surface area contributed by atoms with Gasteiger partial charge < -0.3 is 14.2 Å². The van der Waals surface area contributed by atoms with Crippen LogP contribution in [0.3, 0.4) is 0 Å². The number of methoxy groups -OCH3 is 2. The number of ether oxygens (including phenoxy) is 3. The Morgan fingerprint density at radius 1 is 0.912 bits per heavy atom. The van der Waals surface area contributed by atoms with Crippen LogP contribution in [0.15, 0.2) is 77.9 Å². The summed E-state index contributed by atoms with van der Waals surface area (Å²) in [6, 6.07) is 24.1. The Morgan fingerprint density at radius 3 is 2.26 bits per heavy atom. The zero-order valence-corrected chi connectivity index (χ0v) is 19.8. The Hall–Kier alpha value is -4.13. The third-order valence-corrected chi connectivity index (χ3v) is 5.55. The summed E-state index contributed by atoms with van der Waals surface area (Å²) in [6.07, 6.45) is 2.79. The van der Waals surface area contributed by atoms with E-state index in [0.29, 0.717) is 17.5 Å². The highest BCUT2D eigenvalue weighted by atomic mass is 16.5. The van der Waals surface area contributed by atoms with Gasteiger partial charge in [0.1, 0.15) is 5.75 Å². The van der Waals surface area contributed by atoms with Crippen LogP contribution in [-0.2, 0) is 0 Å². The van der Waals surface area contributed by atoms with Crippen molar-refractivity contribution >= 4 is 22.7 Å². The van der Waals surface area contributed by atoms with Gasteiger partial charge >= 0.3 is 6.01 Å². The van der Waals surface area contributed by atoms with Crippen LogP contribution >= 0.6 is 0 Å². The van der Waals surface area contributed by atoms with E-state index in [1.807, 2.05) is 59.8 Å². The van der Waals surface area contributed by atoms with Crippen LogP contribution < -0.4 is 19.2 Å². The van der Waals surface area contributed by atoms with Gasteiger partial charge in [-0.1, -0.05) is 55.5 Å². The fourth-order valence-electron chi connectivity index (χ4n) is 3.54. The molecule has 0 fully saturated rings. The molecule has 1 heterocycles. The second-order valence-electron chi connectivity index (χ2n) is 7.72. The van der Waals surface area contributed by atoms with E-state index >= 15 is 0 Å². The van der Waals surface area contributed by atoms with E-state index in [-0.39, 0.29) is 12.1 Å². The van der Waals surface area contributed by atoms with Gasteiger partial charge in [-0.3, -0.25) is 5.01 Å². The number of benzene rings is 3. The van der Waals surface area contributed by atoms with E-state index in [4.69, 9.17) is 19.3 Å². The Balaban J connectivity index is 1.79. The van der Waals surface area contributed by atoms with Crippen molar-refractivity contribution in [1.29, 1.82) is 0 Å². The average Bonchev–Trinajstić information content (AvgIpc) is 2.89. The number of para-hydroxylation sites is 1. The lowest BCUT2D eigenvalue weighted by molar-refractivity contribution is 0.348. The van der Waals surface area contributed by atoms with E-state index in [9.17, 15) is 0 Å². The molecule has 0 N–H and O–H groups in total. The lowest BCUT2D eigenvalue weighted by atomic mass is 10.0. The molecule has 0 spiro atoms. The highest BCUT2D eigenvalue weighted by Crippen LogP contribution is 2.31. The molecule has 0 radical (unpaired) electrons. The van der Waals surface area contributed by atoms with E-state index in [1.165, 1.54) is 14.2 Å². The molecule has 4 aromatic rings. The fourth-order valence-corrected chi connectivity index (χ4v) is 3.54. The molecule has 0 bridgehead atoms. The Morgan fingerprint density at radius 2 is 1.59 bits per heavy atom. The van der Waals surface area contributed by atoms with Gasteiger partial charge in [0.25, 0.3) is 0 Å². The highest BCUT2D eigenvalue weighted by Gasteiger charge is 2.15. The van der Waals surface area contributed by atoms with Gasteiger partial charge in [-0.05, 0) is 42.3 Å². The zero-order chi connectivity index (χ0) is 23.9. The first-order chi connectivity index (χ1) is 16.6. The maximum absolute atomic E-state index is 6.14. The molecule has 174 valence electrons. The molecule has 0 saturated heterocycles. The zero-order valence-electron chi connectivity index (χ0n) is 19.8. The molecule has 4 rings (SSSR count). The van der Waals surface area contributed by atoms with Crippen molar-refractivity contribution in [2.24, 2.45) is 5.10 Å². The molecular formula is C27H28N4O3. The molecule has 3 aromatic carbocycles. The number of anilines is 1. The van der Waals surface area contributed by atoms with Crippen molar-refractivity contribution in [3.8, 4) is 23.5 Å². The number of hydrogen-bond donors (Lipinski definition) is 0. The predicted octanol–water partition coefficient (Wildman–Crippen LogP) is 6.08. The largest absolute Gasteiger partial charge is 0.481 e. The standard InChI is InChI=1S/C27H28N4O3/c1-5-19(2)31(21-12-7-6-8-13-21)28-18-23-22-14-10-9-11-20(22)15-16-24(23)34-27-29-25(32-3)17-26(30-27)33-4/h6-19H,5H2,1-4H3.